The third-order valence-corrected chi connectivity index (χ3v) is 8.24. The third kappa shape index (κ3) is 7.22. The minimum atomic E-state index is -3.09. The predicted octanol–water partition coefficient (Wildman–Crippen LogP) is 3.87. The molecule has 0 saturated carbocycles. The summed E-state index contributed by atoms with van der Waals surface area (Å²) in [6, 6.07) is 21.7. The Labute approximate surface area is 245 Å². The number of thiol groups is 1. The summed E-state index contributed by atoms with van der Waals surface area (Å²) in [5.41, 5.74) is 4.12. The van der Waals surface area contributed by atoms with Gasteiger partial charge in [0.15, 0.2) is 0 Å². The number of para-hydroxylation sites is 1. The number of fused-ring (bicyclic) bond motifs is 1. The van der Waals surface area contributed by atoms with Crippen molar-refractivity contribution in [1.82, 2.24) is 14.8 Å². The van der Waals surface area contributed by atoms with E-state index in [-0.39, 0.29) is 12.4 Å². The van der Waals surface area contributed by atoms with Crippen molar-refractivity contribution in [2.75, 3.05) is 37.0 Å². The van der Waals surface area contributed by atoms with E-state index < -0.39 is 22.9 Å². The van der Waals surface area contributed by atoms with E-state index in [0.717, 1.165) is 32.0 Å². The highest BCUT2D eigenvalue weighted by Crippen LogP contribution is 2.24. The number of aliphatic carboxylic acids is 1. The molecule has 5 rings (SSSR count). The average molecular weight is 593 g/mol. The lowest BCUT2D eigenvalue weighted by atomic mass is 10.1. The number of benzene rings is 3. The van der Waals surface area contributed by atoms with Crippen molar-refractivity contribution < 1.29 is 27.4 Å². The number of anilines is 1. The molecule has 220 valence electrons. The standard InChI is InChI=1S/C31H33FN4O5S/c1-22-18-24(28-4-2-3-5-29(28)33-22)21-41-27-12-10-26(11-13-27)36(42(39)40)20-30(31(37)38)35-16-14-34(15-17-35)19-23-6-8-25(32)9-7-23/h2-13,18,30,42H,14-17,19-21H2,1H3,(H,37,38)/t30-/m0/s1. The molecule has 1 N–H and O–H groups in total. The molecule has 1 fully saturated rings. The second-order valence-corrected chi connectivity index (χ2v) is 11.3. The number of nitrogens with zero attached hydrogens (tertiary/aromatic N) is 4. The maximum Gasteiger partial charge on any atom is 0.322 e. The molecule has 1 aliphatic rings. The summed E-state index contributed by atoms with van der Waals surface area (Å²) >= 11 is 0. The SMILES string of the molecule is Cc1cc(COc2ccc(N(C[C@@H](C(=O)O)N3CCN(Cc4ccc(F)cc4)CC3)[SH](=O)=O)cc2)c2ccccc2n1. The predicted molar refractivity (Wildman–Crippen MR) is 160 cm³/mol. The Morgan fingerprint density at radius 2 is 1.71 bits per heavy atom. The number of carboxylic acids is 1. The van der Waals surface area contributed by atoms with E-state index in [9.17, 15) is 22.7 Å². The van der Waals surface area contributed by atoms with Crippen LogP contribution in [-0.4, -0.2) is 73.0 Å². The van der Waals surface area contributed by atoms with Crippen molar-refractivity contribution >= 4 is 33.4 Å². The van der Waals surface area contributed by atoms with Gasteiger partial charge in [0.25, 0.3) is 0 Å². The van der Waals surface area contributed by atoms with Gasteiger partial charge in [0.2, 0.25) is 10.9 Å². The molecule has 42 heavy (non-hydrogen) atoms. The number of ether oxygens (including phenoxy) is 1. The second kappa shape index (κ2) is 13.3. The molecule has 0 unspecified atom stereocenters. The van der Waals surface area contributed by atoms with E-state index in [0.29, 0.717) is 50.8 Å². The zero-order chi connectivity index (χ0) is 29.6. The van der Waals surface area contributed by atoms with Crippen LogP contribution in [0.3, 0.4) is 0 Å². The maximum atomic E-state index is 13.2. The Bertz CT molecular complexity index is 1600. The summed E-state index contributed by atoms with van der Waals surface area (Å²) in [6.07, 6.45) is 0. The van der Waals surface area contributed by atoms with Crippen molar-refractivity contribution in [3.63, 3.8) is 0 Å². The van der Waals surface area contributed by atoms with Crippen LogP contribution in [0.5, 0.6) is 5.75 Å². The Kier molecular flexibility index (Phi) is 9.31. The zero-order valence-electron chi connectivity index (χ0n) is 23.2. The van der Waals surface area contributed by atoms with Crippen LogP contribution in [0.4, 0.5) is 10.1 Å². The summed E-state index contributed by atoms with van der Waals surface area (Å²) in [5, 5.41) is 11.0. The number of piperazine rings is 1. The van der Waals surface area contributed by atoms with E-state index in [1.54, 1.807) is 41.3 Å². The Hall–Kier alpha value is -4.06. The van der Waals surface area contributed by atoms with Crippen LogP contribution < -0.4 is 9.04 Å². The average Bonchev–Trinajstić information content (AvgIpc) is 2.98. The van der Waals surface area contributed by atoms with E-state index in [4.69, 9.17) is 4.74 Å². The molecule has 1 atom stereocenters. The van der Waals surface area contributed by atoms with Crippen LogP contribution >= 0.6 is 0 Å². The van der Waals surface area contributed by atoms with Crippen LogP contribution in [0.2, 0.25) is 0 Å². The normalized spacial score (nSPS) is 15.1. The van der Waals surface area contributed by atoms with Crippen molar-refractivity contribution in [1.29, 1.82) is 0 Å². The molecular weight excluding hydrogens is 559 g/mol. The van der Waals surface area contributed by atoms with Gasteiger partial charge >= 0.3 is 5.97 Å². The molecule has 1 saturated heterocycles. The van der Waals surface area contributed by atoms with E-state index >= 15 is 0 Å². The topological polar surface area (TPSA) is 103 Å². The highest BCUT2D eigenvalue weighted by atomic mass is 32.2. The van der Waals surface area contributed by atoms with Gasteiger partial charge in [-0.3, -0.25) is 23.9 Å². The third-order valence-electron chi connectivity index (χ3n) is 7.45. The lowest BCUT2D eigenvalue weighted by molar-refractivity contribution is -0.143. The van der Waals surface area contributed by atoms with Crippen molar-refractivity contribution in [3.8, 4) is 5.75 Å². The fourth-order valence-corrected chi connectivity index (χ4v) is 5.86. The summed E-state index contributed by atoms with van der Waals surface area (Å²) < 4.78 is 44.8. The van der Waals surface area contributed by atoms with Gasteiger partial charge in [-0.15, -0.1) is 0 Å². The van der Waals surface area contributed by atoms with Crippen LogP contribution in [0.15, 0.2) is 78.9 Å². The van der Waals surface area contributed by atoms with Gasteiger partial charge in [-0.1, -0.05) is 30.3 Å². The molecule has 0 bridgehead atoms. The summed E-state index contributed by atoms with van der Waals surface area (Å²) in [6.45, 7) is 4.84. The molecule has 9 nitrogen and oxygen atoms in total. The largest absolute Gasteiger partial charge is 0.489 e. The molecule has 0 radical (unpaired) electrons. The highest BCUT2D eigenvalue weighted by Gasteiger charge is 2.31. The van der Waals surface area contributed by atoms with Crippen LogP contribution in [0.25, 0.3) is 10.9 Å². The number of aryl methyl sites for hydroxylation is 1. The maximum absolute atomic E-state index is 13.2. The Balaban J connectivity index is 1.21. The first kappa shape index (κ1) is 29.4. The molecule has 0 aliphatic carbocycles. The first-order chi connectivity index (χ1) is 20.3. The van der Waals surface area contributed by atoms with Gasteiger partial charge in [0.1, 0.15) is 24.2 Å². The Morgan fingerprint density at radius 1 is 1.02 bits per heavy atom. The van der Waals surface area contributed by atoms with Gasteiger partial charge in [0, 0.05) is 49.4 Å². The minimum absolute atomic E-state index is 0.214. The van der Waals surface area contributed by atoms with Gasteiger partial charge in [-0.25, -0.2) is 12.8 Å². The molecule has 4 aromatic rings. The van der Waals surface area contributed by atoms with Crippen molar-refractivity contribution in [3.05, 3.63) is 102 Å². The lowest BCUT2D eigenvalue weighted by Crippen LogP contribution is -2.55. The number of carboxylic acid groups (broad SMARTS) is 1. The second-order valence-electron chi connectivity index (χ2n) is 10.3. The number of rotatable bonds is 11. The molecule has 1 aliphatic heterocycles. The summed E-state index contributed by atoms with van der Waals surface area (Å²) in [4.78, 5) is 20.8. The van der Waals surface area contributed by atoms with E-state index in [1.165, 1.54) is 12.1 Å². The minimum Gasteiger partial charge on any atom is -0.489 e. The molecule has 1 aromatic heterocycles. The smallest absolute Gasteiger partial charge is 0.322 e. The fourth-order valence-electron chi connectivity index (χ4n) is 5.25. The van der Waals surface area contributed by atoms with Gasteiger partial charge in [-0.05, 0) is 61.0 Å². The Morgan fingerprint density at radius 3 is 2.38 bits per heavy atom. The van der Waals surface area contributed by atoms with Gasteiger partial charge in [0.05, 0.1) is 17.7 Å². The van der Waals surface area contributed by atoms with Crippen molar-refractivity contribution in [2.24, 2.45) is 0 Å². The van der Waals surface area contributed by atoms with E-state index in [1.807, 2.05) is 37.3 Å². The van der Waals surface area contributed by atoms with E-state index in [2.05, 4.69) is 9.88 Å². The molecule has 2 heterocycles. The summed E-state index contributed by atoms with van der Waals surface area (Å²) in [5.74, 6) is -0.806. The van der Waals surface area contributed by atoms with Gasteiger partial charge in [-0.2, -0.15) is 0 Å². The number of hydrogen-bond acceptors (Lipinski definition) is 7. The number of aromatic nitrogens is 1. The van der Waals surface area contributed by atoms with Crippen LogP contribution in [0, 0.1) is 12.7 Å². The quantitative estimate of drug-likeness (QED) is 0.253. The van der Waals surface area contributed by atoms with Crippen molar-refractivity contribution in [2.45, 2.75) is 26.1 Å². The molecule has 0 spiro atoms. The number of halogens is 1. The zero-order valence-corrected chi connectivity index (χ0v) is 24.1. The highest BCUT2D eigenvalue weighted by molar-refractivity contribution is 7.74. The van der Waals surface area contributed by atoms with Gasteiger partial charge < -0.3 is 9.84 Å². The number of hydrogen-bond donors (Lipinski definition) is 2. The number of pyridine rings is 1. The molecular formula is C31H33FN4O5S. The molecule has 11 heteroatoms. The lowest BCUT2D eigenvalue weighted by Gasteiger charge is -2.38. The molecule has 0 amide bonds. The first-order valence-corrected chi connectivity index (χ1v) is 14.8. The first-order valence-electron chi connectivity index (χ1n) is 13.7. The molecule has 3 aromatic carbocycles. The number of carbonyl (C=O) groups is 1. The van der Waals surface area contributed by atoms with Crippen LogP contribution in [-0.2, 0) is 28.8 Å². The fraction of sp³-hybridized carbons (Fsp3) is 0.290. The monoisotopic (exact) mass is 592 g/mol. The summed E-state index contributed by atoms with van der Waals surface area (Å²) in [7, 11) is -3.09. The van der Waals surface area contributed by atoms with Crippen LogP contribution in [0.1, 0.15) is 16.8 Å².